The lowest BCUT2D eigenvalue weighted by Crippen LogP contribution is -2.38. The Bertz CT molecular complexity index is 930. The first-order valence-corrected chi connectivity index (χ1v) is 9.82. The van der Waals surface area contributed by atoms with Gasteiger partial charge in [0.1, 0.15) is 0 Å². The molecule has 4 heteroatoms. The molecule has 0 aliphatic heterocycles. The Balaban J connectivity index is 1.31. The Morgan fingerprint density at radius 3 is 2.93 bits per heavy atom. The number of nitrogens with zero attached hydrogens (tertiary/aromatic N) is 1. The standard InChI is InChI=1S/C23H27N3O/c1-26(22-12-6-8-17-7-2-3-10-20(17)22)16-23(27)24-14-13-18-15-25-21-11-5-4-9-19(18)21/h2-5,7,9-11,15,22,25H,6,8,12-14,16H2,1H3,(H,24,27). The van der Waals surface area contributed by atoms with Gasteiger partial charge in [-0.05, 0) is 55.5 Å². The molecule has 0 spiro atoms. The third-order valence-corrected chi connectivity index (χ3v) is 5.65. The van der Waals surface area contributed by atoms with E-state index in [1.807, 2.05) is 12.3 Å². The molecule has 0 bridgehead atoms. The number of aromatic amines is 1. The van der Waals surface area contributed by atoms with E-state index in [2.05, 4.69) is 64.7 Å². The van der Waals surface area contributed by atoms with E-state index in [9.17, 15) is 4.79 Å². The summed E-state index contributed by atoms with van der Waals surface area (Å²) in [5.41, 5.74) is 5.22. The lowest BCUT2D eigenvalue weighted by atomic mass is 9.87. The lowest BCUT2D eigenvalue weighted by molar-refractivity contribution is -0.122. The van der Waals surface area contributed by atoms with Crippen molar-refractivity contribution in [1.82, 2.24) is 15.2 Å². The minimum Gasteiger partial charge on any atom is -0.361 e. The Labute approximate surface area is 160 Å². The Kier molecular flexibility index (Phi) is 5.26. The number of rotatable bonds is 6. The molecule has 140 valence electrons. The molecule has 4 rings (SSSR count). The first-order valence-electron chi connectivity index (χ1n) is 9.82. The molecule has 0 radical (unpaired) electrons. The van der Waals surface area contributed by atoms with Gasteiger partial charge in [-0.3, -0.25) is 9.69 Å². The molecule has 0 fully saturated rings. The highest BCUT2D eigenvalue weighted by Gasteiger charge is 2.24. The highest BCUT2D eigenvalue weighted by molar-refractivity contribution is 5.83. The SMILES string of the molecule is CN(CC(=O)NCCc1c[nH]c2ccccc12)C1CCCc2ccccc21. The molecule has 1 unspecified atom stereocenters. The molecule has 1 amide bonds. The van der Waals surface area contributed by atoms with Crippen LogP contribution in [0, 0.1) is 0 Å². The number of amides is 1. The molecule has 1 aromatic heterocycles. The summed E-state index contributed by atoms with van der Waals surface area (Å²) in [7, 11) is 2.06. The second kappa shape index (κ2) is 7.97. The van der Waals surface area contributed by atoms with Crippen LogP contribution in [0.5, 0.6) is 0 Å². The van der Waals surface area contributed by atoms with Gasteiger partial charge in [-0.25, -0.2) is 0 Å². The van der Waals surface area contributed by atoms with Crippen LogP contribution in [0.1, 0.15) is 35.6 Å². The van der Waals surface area contributed by atoms with Crippen LogP contribution in [0.25, 0.3) is 10.9 Å². The molecule has 1 heterocycles. The monoisotopic (exact) mass is 361 g/mol. The highest BCUT2D eigenvalue weighted by atomic mass is 16.2. The number of carbonyl (C=O) groups excluding carboxylic acids is 1. The fraction of sp³-hybridized carbons (Fsp3) is 0.348. The number of hydrogen-bond acceptors (Lipinski definition) is 2. The zero-order chi connectivity index (χ0) is 18.6. The molecular formula is C23H27N3O. The van der Waals surface area contributed by atoms with Crippen LogP contribution in [-0.4, -0.2) is 35.9 Å². The maximum absolute atomic E-state index is 12.4. The van der Waals surface area contributed by atoms with Crippen LogP contribution in [-0.2, 0) is 17.6 Å². The summed E-state index contributed by atoms with van der Waals surface area (Å²) in [6, 6.07) is 17.3. The van der Waals surface area contributed by atoms with Crippen molar-refractivity contribution in [3.8, 4) is 0 Å². The Hall–Kier alpha value is -2.59. The molecular weight excluding hydrogens is 334 g/mol. The van der Waals surface area contributed by atoms with Crippen molar-refractivity contribution in [3.05, 3.63) is 71.4 Å². The summed E-state index contributed by atoms with van der Waals surface area (Å²) < 4.78 is 0. The molecule has 1 aliphatic carbocycles. The summed E-state index contributed by atoms with van der Waals surface area (Å²) in [4.78, 5) is 17.9. The van der Waals surface area contributed by atoms with Gasteiger partial charge in [-0.2, -0.15) is 0 Å². The number of aryl methyl sites for hydroxylation is 1. The van der Waals surface area contributed by atoms with Gasteiger partial charge in [0.25, 0.3) is 0 Å². The molecule has 2 N–H and O–H groups in total. The Morgan fingerprint density at radius 1 is 1.19 bits per heavy atom. The average Bonchev–Trinajstić information content (AvgIpc) is 3.11. The molecule has 3 aromatic rings. The van der Waals surface area contributed by atoms with Gasteiger partial charge in [0.05, 0.1) is 6.54 Å². The Morgan fingerprint density at radius 2 is 2.00 bits per heavy atom. The maximum atomic E-state index is 12.4. The summed E-state index contributed by atoms with van der Waals surface area (Å²) in [5.74, 6) is 0.0976. The fourth-order valence-corrected chi connectivity index (χ4v) is 4.25. The van der Waals surface area contributed by atoms with Crippen molar-refractivity contribution in [2.24, 2.45) is 0 Å². The number of aromatic nitrogens is 1. The first-order chi connectivity index (χ1) is 13.2. The minimum atomic E-state index is 0.0976. The van der Waals surface area contributed by atoms with Crippen molar-refractivity contribution in [1.29, 1.82) is 0 Å². The minimum absolute atomic E-state index is 0.0976. The zero-order valence-corrected chi connectivity index (χ0v) is 15.9. The van der Waals surface area contributed by atoms with Gasteiger partial charge in [0.2, 0.25) is 5.91 Å². The van der Waals surface area contributed by atoms with Gasteiger partial charge in [0.15, 0.2) is 0 Å². The second-order valence-electron chi connectivity index (χ2n) is 7.48. The van der Waals surface area contributed by atoms with Crippen LogP contribution in [0.2, 0.25) is 0 Å². The first kappa shape index (κ1) is 17.8. The molecule has 1 atom stereocenters. The number of carbonyl (C=O) groups is 1. The predicted molar refractivity (Wildman–Crippen MR) is 110 cm³/mol. The van der Waals surface area contributed by atoms with Gasteiger partial charge < -0.3 is 10.3 Å². The van der Waals surface area contributed by atoms with E-state index < -0.39 is 0 Å². The van der Waals surface area contributed by atoms with Crippen molar-refractivity contribution < 1.29 is 4.79 Å². The van der Waals surface area contributed by atoms with Gasteiger partial charge in [0, 0.05) is 29.7 Å². The molecule has 0 saturated heterocycles. The summed E-state index contributed by atoms with van der Waals surface area (Å²) in [6.07, 6.45) is 6.34. The van der Waals surface area contributed by atoms with E-state index in [1.165, 1.54) is 28.5 Å². The van der Waals surface area contributed by atoms with E-state index in [4.69, 9.17) is 0 Å². The molecule has 2 aromatic carbocycles. The number of benzene rings is 2. The number of H-pyrrole nitrogens is 1. The quantitative estimate of drug-likeness (QED) is 0.701. The third-order valence-electron chi connectivity index (χ3n) is 5.65. The van der Waals surface area contributed by atoms with Crippen molar-refractivity contribution in [2.45, 2.75) is 31.7 Å². The summed E-state index contributed by atoms with van der Waals surface area (Å²) >= 11 is 0. The fourth-order valence-electron chi connectivity index (χ4n) is 4.25. The van der Waals surface area contributed by atoms with E-state index in [-0.39, 0.29) is 5.91 Å². The molecule has 4 nitrogen and oxygen atoms in total. The normalized spacial score (nSPS) is 16.4. The molecule has 0 saturated carbocycles. The number of fused-ring (bicyclic) bond motifs is 2. The predicted octanol–water partition coefficient (Wildman–Crippen LogP) is 3.84. The van der Waals surface area contributed by atoms with E-state index in [0.717, 1.165) is 24.8 Å². The summed E-state index contributed by atoms with van der Waals surface area (Å²) in [6.45, 7) is 1.10. The van der Waals surface area contributed by atoms with Gasteiger partial charge in [-0.15, -0.1) is 0 Å². The summed E-state index contributed by atoms with van der Waals surface area (Å²) in [5, 5.41) is 4.32. The van der Waals surface area contributed by atoms with Crippen LogP contribution < -0.4 is 5.32 Å². The van der Waals surface area contributed by atoms with E-state index in [1.54, 1.807) is 0 Å². The van der Waals surface area contributed by atoms with Crippen molar-refractivity contribution in [3.63, 3.8) is 0 Å². The van der Waals surface area contributed by atoms with E-state index in [0.29, 0.717) is 19.1 Å². The highest BCUT2D eigenvalue weighted by Crippen LogP contribution is 2.33. The van der Waals surface area contributed by atoms with E-state index >= 15 is 0 Å². The lowest BCUT2D eigenvalue weighted by Gasteiger charge is -2.32. The number of para-hydroxylation sites is 1. The van der Waals surface area contributed by atoms with Crippen LogP contribution in [0.15, 0.2) is 54.7 Å². The third kappa shape index (κ3) is 3.91. The smallest absolute Gasteiger partial charge is 0.234 e. The second-order valence-corrected chi connectivity index (χ2v) is 7.48. The number of likely N-dealkylation sites (N-methyl/N-ethyl adjacent to an activating group) is 1. The van der Waals surface area contributed by atoms with Gasteiger partial charge >= 0.3 is 0 Å². The van der Waals surface area contributed by atoms with Crippen molar-refractivity contribution in [2.75, 3.05) is 20.1 Å². The number of hydrogen-bond donors (Lipinski definition) is 2. The van der Waals surface area contributed by atoms with Crippen LogP contribution in [0.3, 0.4) is 0 Å². The average molecular weight is 361 g/mol. The van der Waals surface area contributed by atoms with Crippen molar-refractivity contribution >= 4 is 16.8 Å². The maximum Gasteiger partial charge on any atom is 0.234 e. The van der Waals surface area contributed by atoms with Gasteiger partial charge in [-0.1, -0.05) is 42.5 Å². The topological polar surface area (TPSA) is 48.1 Å². The number of nitrogens with one attached hydrogen (secondary N) is 2. The van der Waals surface area contributed by atoms with Crippen LogP contribution >= 0.6 is 0 Å². The van der Waals surface area contributed by atoms with Crippen LogP contribution in [0.4, 0.5) is 0 Å². The molecule has 27 heavy (non-hydrogen) atoms. The largest absolute Gasteiger partial charge is 0.361 e. The zero-order valence-electron chi connectivity index (χ0n) is 15.9. The molecule has 1 aliphatic rings.